The molecule has 0 spiro atoms. The highest BCUT2D eigenvalue weighted by molar-refractivity contribution is 5.84. The van der Waals surface area contributed by atoms with E-state index in [1.54, 1.807) is 6.07 Å². The molecule has 0 saturated carbocycles. The number of alkyl halides is 3. The molecule has 0 amide bonds. The van der Waals surface area contributed by atoms with Gasteiger partial charge in [0.15, 0.2) is 5.75 Å². The molecule has 0 bridgehead atoms. The van der Waals surface area contributed by atoms with E-state index < -0.39 is 23.0 Å². The average molecular weight is 243 g/mol. The smallest absolute Gasteiger partial charge is 0.420 e. The van der Waals surface area contributed by atoms with E-state index in [0.717, 1.165) is 7.11 Å². The summed E-state index contributed by atoms with van der Waals surface area (Å²) in [6, 6.07) is 5.71. The van der Waals surface area contributed by atoms with Crippen LogP contribution in [0.25, 0.3) is 10.9 Å². The lowest BCUT2D eigenvalue weighted by atomic mass is 10.1. The molecule has 17 heavy (non-hydrogen) atoms. The molecule has 1 N–H and O–H groups in total. The average Bonchev–Trinajstić information content (AvgIpc) is 2.25. The van der Waals surface area contributed by atoms with Crippen LogP contribution in [0.2, 0.25) is 0 Å². The van der Waals surface area contributed by atoms with Gasteiger partial charge in [-0.3, -0.25) is 4.79 Å². The van der Waals surface area contributed by atoms with Crippen LogP contribution in [0.4, 0.5) is 13.2 Å². The van der Waals surface area contributed by atoms with Gasteiger partial charge < -0.3 is 9.72 Å². The summed E-state index contributed by atoms with van der Waals surface area (Å²) in [5.41, 5.74) is -1.80. The number of benzene rings is 1. The number of nitrogens with one attached hydrogen (secondary N) is 1. The van der Waals surface area contributed by atoms with Crippen molar-refractivity contribution >= 4 is 10.9 Å². The SMILES string of the molecule is COc1c(C(F)(F)F)c2ccccc2[nH]c1=O. The standard InChI is InChI=1S/C11H8F3NO2/c1-17-9-8(11(12,13)14)6-4-2-3-5-7(6)15-10(9)16/h2-5H,1H3,(H,15,16). The first-order valence-corrected chi connectivity index (χ1v) is 4.71. The van der Waals surface area contributed by atoms with Gasteiger partial charge in [0.1, 0.15) is 5.56 Å². The Hall–Kier alpha value is -1.98. The van der Waals surface area contributed by atoms with Crippen LogP contribution in [0, 0.1) is 0 Å². The van der Waals surface area contributed by atoms with Crippen LogP contribution in [0.3, 0.4) is 0 Å². The van der Waals surface area contributed by atoms with Crippen LogP contribution in [-0.2, 0) is 6.18 Å². The fourth-order valence-corrected chi connectivity index (χ4v) is 1.70. The molecule has 90 valence electrons. The minimum absolute atomic E-state index is 0.0866. The Morgan fingerprint density at radius 3 is 2.47 bits per heavy atom. The molecule has 0 radical (unpaired) electrons. The number of rotatable bonds is 1. The van der Waals surface area contributed by atoms with Gasteiger partial charge in [-0.1, -0.05) is 18.2 Å². The second-order valence-electron chi connectivity index (χ2n) is 3.41. The van der Waals surface area contributed by atoms with Gasteiger partial charge in [0.25, 0.3) is 5.56 Å². The molecule has 6 heteroatoms. The first-order valence-electron chi connectivity index (χ1n) is 4.71. The summed E-state index contributed by atoms with van der Waals surface area (Å²) in [5, 5.41) is -0.0866. The number of hydrogen-bond acceptors (Lipinski definition) is 2. The number of aromatic amines is 1. The van der Waals surface area contributed by atoms with E-state index in [4.69, 9.17) is 0 Å². The first kappa shape index (κ1) is 11.5. The minimum atomic E-state index is -4.64. The number of para-hydroxylation sites is 1. The third-order valence-electron chi connectivity index (χ3n) is 2.37. The number of H-pyrrole nitrogens is 1. The third kappa shape index (κ3) is 1.86. The molecule has 1 heterocycles. The predicted molar refractivity (Wildman–Crippen MR) is 56.1 cm³/mol. The molecule has 0 saturated heterocycles. The zero-order valence-corrected chi connectivity index (χ0v) is 8.76. The Morgan fingerprint density at radius 2 is 1.88 bits per heavy atom. The quantitative estimate of drug-likeness (QED) is 0.836. The largest absolute Gasteiger partial charge is 0.491 e. The highest BCUT2D eigenvalue weighted by Crippen LogP contribution is 2.38. The van der Waals surface area contributed by atoms with Crippen LogP contribution in [0.1, 0.15) is 5.56 Å². The summed E-state index contributed by atoms with van der Waals surface area (Å²) < 4.78 is 43.3. The molecule has 0 aliphatic heterocycles. The van der Waals surface area contributed by atoms with Crippen molar-refractivity contribution in [2.75, 3.05) is 7.11 Å². The Labute approximate surface area is 93.8 Å². The van der Waals surface area contributed by atoms with Crippen LogP contribution < -0.4 is 10.3 Å². The van der Waals surface area contributed by atoms with Gasteiger partial charge in [-0.05, 0) is 6.07 Å². The van der Waals surface area contributed by atoms with Gasteiger partial charge in [0.2, 0.25) is 0 Å². The minimum Gasteiger partial charge on any atom is -0.491 e. The molecule has 2 aromatic rings. The summed E-state index contributed by atoms with van der Waals surface area (Å²) in [5.74, 6) is -0.712. The van der Waals surface area contributed by atoms with Crippen molar-refractivity contribution in [3.05, 3.63) is 40.2 Å². The molecule has 0 fully saturated rings. The van der Waals surface area contributed by atoms with Gasteiger partial charge in [0.05, 0.1) is 7.11 Å². The van der Waals surface area contributed by atoms with E-state index in [1.807, 2.05) is 0 Å². The van der Waals surface area contributed by atoms with Gasteiger partial charge in [0, 0.05) is 10.9 Å². The lowest BCUT2D eigenvalue weighted by Gasteiger charge is -2.13. The Balaban J connectivity index is 2.98. The van der Waals surface area contributed by atoms with Crippen molar-refractivity contribution in [3.8, 4) is 5.75 Å². The molecule has 0 unspecified atom stereocenters. The third-order valence-corrected chi connectivity index (χ3v) is 2.37. The van der Waals surface area contributed by atoms with E-state index in [0.29, 0.717) is 0 Å². The molecule has 0 aliphatic carbocycles. The number of halogens is 3. The number of fused-ring (bicyclic) bond motifs is 1. The number of methoxy groups -OCH3 is 1. The summed E-state index contributed by atoms with van der Waals surface area (Å²) in [7, 11) is 1.04. The van der Waals surface area contributed by atoms with E-state index in [9.17, 15) is 18.0 Å². The molecule has 1 aromatic carbocycles. The van der Waals surface area contributed by atoms with Crippen LogP contribution in [0.5, 0.6) is 5.75 Å². The maximum Gasteiger partial charge on any atom is 0.420 e. The van der Waals surface area contributed by atoms with Gasteiger partial charge in [-0.25, -0.2) is 0 Å². The molecule has 2 rings (SSSR count). The molecular weight excluding hydrogens is 235 g/mol. The molecule has 0 atom stereocenters. The summed E-state index contributed by atoms with van der Waals surface area (Å²) in [6.45, 7) is 0. The van der Waals surface area contributed by atoms with Gasteiger partial charge in [-0.15, -0.1) is 0 Å². The maximum absolute atomic E-state index is 12.9. The van der Waals surface area contributed by atoms with E-state index in [-0.39, 0.29) is 10.9 Å². The second-order valence-corrected chi connectivity index (χ2v) is 3.41. The van der Waals surface area contributed by atoms with Crippen molar-refractivity contribution in [3.63, 3.8) is 0 Å². The second kappa shape index (κ2) is 3.80. The summed E-state index contributed by atoms with van der Waals surface area (Å²) in [4.78, 5) is 13.8. The maximum atomic E-state index is 12.9. The number of aromatic nitrogens is 1. The highest BCUT2D eigenvalue weighted by atomic mass is 19.4. The van der Waals surface area contributed by atoms with Crippen molar-refractivity contribution < 1.29 is 17.9 Å². The Bertz CT molecular complexity index is 616. The Morgan fingerprint density at radius 1 is 1.24 bits per heavy atom. The first-order chi connectivity index (χ1) is 7.95. The number of hydrogen-bond donors (Lipinski definition) is 1. The molecule has 0 aliphatic rings. The lowest BCUT2D eigenvalue weighted by Crippen LogP contribution is -2.18. The zero-order chi connectivity index (χ0) is 12.6. The van der Waals surface area contributed by atoms with Crippen molar-refractivity contribution in [1.29, 1.82) is 0 Å². The predicted octanol–water partition coefficient (Wildman–Crippen LogP) is 2.56. The fourth-order valence-electron chi connectivity index (χ4n) is 1.70. The monoisotopic (exact) mass is 243 g/mol. The van der Waals surface area contributed by atoms with Gasteiger partial charge >= 0.3 is 6.18 Å². The zero-order valence-electron chi connectivity index (χ0n) is 8.76. The lowest BCUT2D eigenvalue weighted by molar-refractivity contribution is -0.137. The van der Waals surface area contributed by atoms with Crippen LogP contribution >= 0.6 is 0 Å². The molecular formula is C11H8F3NO2. The summed E-state index contributed by atoms with van der Waals surface area (Å²) >= 11 is 0. The van der Waals surface area contributed by atoms with Crippen molar-refractivity contribution in [1.82, 2.24) is 4.98 Å². The molecule has 3 nitrogen and oxygen atoms in total. The van der Waals surface area contributed by atoms with E-state index >= 15 is 0 Å². The Kier molecular flexibility index (Phi) is 2.57. The molecule has 1 aromatic heterocycles. The van der Waals surface area contributed by atoms with E-state index in [1.165, 1.54) is 18.2 Å². The highest BCUT2D eigenvalue weighted by Gasteiger charge is 2.37. The summed E-state index contributed by atoms with van der Waals surface area (Å²) in [6.07, 6.45) is -4.64. The van der Waals surface area contributed by atoms with Crippen LogP contribution in [-0.4, -0.2) is 12.1 Å². The van der Waals surface area contributed by atoms with Crippen LogP contribution in [0.15, 0.2) is 29.1 Å². The number of pyridine rings is 1. The topological polar surface area (TPSA) is 42.1 Å². The van der Waals surface area contributed by atoms with E-state index in [2.05, 4.69) is 9.72 Å². The fraction of sp³-hybridized carbons (Fsp3) is 0.182. The number of ether oxygens (including phenoxy) is 1. The van der Waals surface area contributed by atoms with Gasteiger partial charge in [-0.2, -0.15) is 13.2 Å². The van der Waals surface area contributed by atoms with Crippen molar-refractivity contribution in [2.45, 2.75) is 6.18 Å². The van der Waals surface area contributed by atoms with Crippen molar-refractivity contribution in [2.24, 2.45) is 0 Å². The normalized spacial score (nSPS) is 11.8.